The zero-order chi connectivity index (χ0) is 33.4. The monoisotopic (exact) mass is 639 g/mol. The van der Waals surface area contributed by atoms with E-state index in [1.807, 2.05) is 108 Å². The molecule has 0 aliphatic heterocycles. The molecule has 46 heavy (non-hydrogen) atoms. The van der Waals surface area contributed by atoms with Crippen molar-refractivity contribution in [3.05, 3.63) is 130 Å². The average Bonchev–Trinajstić information content (AvgIpc) is 3.02. The zero-order valence-corrected chi connectivity index (χ0v) is 28.5. The van der Waals surface area contributed by atoms with Crippen molar-refractivity contribution < 1.29 is 18.0 Å². The van der Waals surface area contributed by atoms with Crippen LogP contribution in [0.4, 0.5) is 5.69 Å². The molecule has 0 aliphatic carbocycles. The van der Waals surface area contributed by atoms with E-state index in [4.69, 9.17) is 0 Å². The number of hydrogen-bond donors (Lipinski definition) is 1. The molecule has 0 spiro atoms. The van der Waals surface area contributed by atoms with E-state index in [1.54, 1.807) is 35.2 Å². The molecule has 0 bridgehead atoms. The fourth-order valence-electron chi connectivity index (χ4n) is 5.44. The van der Waals surface area contributed by atoms with Crippen LogP contribution in [0, 0.1) is 27.7 Å². The van der Waals surface area contributed by atoms with Crippen molar-refractivity contribution in [3.63, 3.8) is 0 Å². The maximum atomic E-state index is 14.7. The lowest BCUT2D eigenvalue weighted by Crippen LogP contribution is -2.54. The third kappa shape index (κ3) is 8.63. The molecule has 0 aromatic heterocycles. The molecular formula is C38H45N3O4S. The molecule has 0 saturated carbocycles. The van der Waals surface area contributed by atoms with Crippen molar-refractivity contribution >= 4 is 27.5 Å². The number of benzene rings is 4. The van der Waals surface area contributed by atoms with Crippen molar-refractivity contribution in [2.75, 3.05) is 10.8 Å². The van der Waals surface area contributed by atoms with Gasteiger partial charge < -0.3 is 10.2 Å². The molecule has 2 amide bonds. The summed E-state index contributed by atoms with van der Waals surface area (Å²) in [7, 11) is -4.16. The summed E-state index contributed by atoms with van der Waals surface area (Å²) >= 11 is 0. The Morgan fingerprint density at radius 1 is 0.761 bits per heavy atom. The summed E-state index contributed by atoms with van der Waals surface area (Å²) < 4.78 is 29.8. The Hall–Kier alpha value is -4.43. The smallest absolute Gasteiger partial charge is 0.264 e. The van der Waals surface area contributed by atoms with Gasteiger partial charge in [0.15, 0.2) is 0 Å². The highest BCUT2D eigenvalue weighted by atomic mass is 32.2. The SMILES string of the molecule is CCC(C)NC(=O)C(Cc1ccccc1)N(Cc1cccc(C)c1)C(=O)CN(c1ccc(C)cc1C)S(=O)(=O)c1ccc(C)cc1. The Morgan fingerprint density at radius 2 is 1.39 bits per heavy atom. The summed E-state index contributed by atoms with van der Waals surface area (Å²) in [5.74, 6) is -0.754. The first-order chi connectivity index (χ1) is 21.9. The van der Waals surface area contributed by atoms with E-state index in [-0.39, 0.29) is 29.8 Å². The minimum absolute atomic E-state index is 0.0893. The third-order valence-electron chi connectivity index (χ3n) is 8.22. The van der Waals surface area contributed by atoms with Gasteiger partial charge in [-0.05, 0) is 75.9 Å². The predicted molar refractivity (Wildman–Crippen MR) is 185 cm³/mol. The average molecular weight is 640 g/mol. The van der Waals surface area contributed by atoms with Crippen LogP contribution in [-0.4, -0.2) is 43.8 Å². The molecular weight excluding hydrogens is 595 g/mol. The number of anilines is 1. The first kappa shape index (κ1) is 34.4. The largest absolute Gasteiger partial charge is 0.352 e. The molecule has 0 aliphatic rings. The normalized spacial score (nSPS) is 12.7. The Balaban J connectivity index is 1.83. The Bertz CT molecular complexity index is 1750. The first-order valence-corrected chi connectivity index (χ1v) is 17.2. The molecule has 242 valence electrons. The van der Waals surface area contributed by atoms with Gasteiger partial charge >= 0.3 is 0 Å². The van der Waals surface area contributed by atoms with Crippen molar-refractivity contribution in [2.24, 2.45) is 0 Å². The van der Waals surface area contributed by atoms with Gasteiger partial charge in [0.05, 0.1) is 10.6 Å². The van der Waals surface area contributed by atoms with Gasteiger partial charge in [0.1, 0.15) is 12.6 Å². The number of sulfonamides is 1. The van der Waals surface area contributed by atoms with E-state index in [0.29, 0.717) is 5.69 Å². The molecule has 0 fully saturated rings. The van der Waals surface area contributed by atoms with Crippen LogP contribution in [0.15, 0.2) is 102 Å². The van der Waals surface area contributed by atoms with Crippen LogP contribution < -0.4 is 9.62 Å². The van der Waals surface area contributed by atoms with Gasteiger partial charge in [-0.1, -0.05) is 102 Å². The lowest BCUT2D eigenvalue weighted by Gasteiger charge is -2.34. The Labute approximate surface area is 274 Å². The zero-order valence-electron chi connectivity index (χ0n) is 27.7. The molecule has 4 aromatic rings. The highest BCUT2D eigenvalue weighted by Crippen LogP contribution is 2.29. The van der Waals surface area contributed by atoms with Gasteiger partial charge in [0.25, 0.3) is 10.0 Å². The predicted octanol–water partition coefficient (Wildman–Crippen LogP) is 6.67. The second-order valence-corrected chi connectivity index (χ2v) is 14.0. The topological polar surface area (TPSA) is 86.8 Å². The highest BCUT2D eigenvalue weighted by Gasteiger charge is 2.35. The van der Waals surface area contributed by atoms with Crippen LogP contribution in [-0.2, 0) is 32.6 Å². The molecule has 0 heterocycles. The van der Waals surface area contributed by atoms with Crippen molar-refractivity contribution in [1.82, 2.24) is 10.2 Å². The molecule has 4 aromatic carbocycles. The van der Waals surface area contributed by atoms with E-state index < -0.39 is 28.5 Å². The minimum Gasteiger partial charge on any atom is -0.352 e. The molecule has 1 N–H and O–H groups in total. The lowest BCUT2D eigenvalue weighted by atomic mass is 10.0. The van der Waals surface area contributed by atoms with Crippen molar-refractivity contribution in [3.8, 4) is 0 Å². The lowest BCUT2D eigenvalue weighted by molar-refractivity contribution is -0.140. The van der Waals surface area contributed by atoms with E-state index in [9.17, 15) is 18.0 Å². The summed E-state index contributed by atoms with van der Waals surface area (Å²) in [6.45, 7) is 11.2. The van der Waals surface area contributed by atoms with E-state index in [1.165, 1.54) is 4.31 Å². The van der Waals surface area contributed by atoms with E-state index >= 15 is 0 Å². The maximum Gasteiger partial charge on any atom is 0.264 e. The summed E-state index contributed by atoms with van der Waals surface area (Å²) in [4.78, 5) is 30.3. The van der Waals surface area contributed by atoms with Gasteiger partial charge in [-0.2, -0.15) is 0 Å². The van der Waals surface area contributed by atoms with Gasteiger partial charge in [-0.3, -0.25) is 13.9 Å². The van der Waals surface area contributed by atoms with E-state index in [0.717, 1.165) is 39.8 Å². The van der Waals surface area contributed by atoms with Crippen molar-refractivity contribution in [2.45, 2.75) is 77.9 Å². The molecule has 4 rings (SSSR count). The second kappa shape index (κ2) is 15.2. The number of aryl methyl sites for hydroxylation is 4. The molecule has 7 nitrogen and oxygen atoms in total. The van der Waals surface area contributed by atoms with Gasteiger partial charge in [-0.15, -0.1) is 0 Å². The van der Waals surface area contributed by atoms with Crippen LogP contribution in [0.5, 0.6) is 0 Å². The minimum atomic E-state index is -4.16. The molecule has 2 unspecified atom stereocenters. The second-order valence-electron chi connectivity index (χ2n) is 12.1. The summed E-state index contributed by atoms with van der Waals surface area (Å²) in [5.41, 5.74) is 5.81. The van der Waals surface area contributed by atoms with Crippen LogP contribution >= 0.6 is 0 Å². The number of rotatable bonds is 13. The van der Waals surface area contributed by atoms with Crippen LogP contribution in [0.3, 0.4) is 0 Å². The molecule has 0 radical (unpaired) electrons. The fourth-order valence-corrected chi connectivity index (χ4v) is 6.92. The van der Waals surface area contributed by atoms with Gasteiger partial charge in [0, 0.05) is 19.0 Å². The standard InChI is InChI=1S/C38H45N3O4S/c1-7-31(6)39-38(43)36(24-32-13-9-8-10-14-32)40(25-33-15-11-12-28(3)23-33)37(42)26-41(35-21-18-29(4)22-30(35)5)46(44,45)34-19-16-27(2)17-20-34/h8-23,31,36H,7,24-26H2,1-6H3,(H,39,43). The summed E-state index contributed by atoms with van der Waals surface area (Å²) in [6.07, 6.45) is 1.000. The van der Waals surface area contributed by atoms with Gasteiger partial charge in [0.2, 0.25) is 11.8 Å². The number of hydrogen-bond acceptors (Lipinski definition) is 4. The van der Waals surface area contributed by atoms with E-state index in [2.05, 4.69) is 5.32 Å². The number of nitrogens with zero attached hydrogens (tertiary/aromatic N) is 2. The number of amides is 2. The number of carbonyl (C=O) groups excluding carboxylic acids is 2. The summed E-state index contributed by atoms with van der Waals surface area (Å²) in [6, 6.07) is 28.5. The summed E-state index contributed by atoms with van der Waals surface area (Å²) in [5, 5.41) is 3.08. The Kier molecular flexibility index (Phi) is 11.4. The van der Waals surface area contributed by atoms with Crippen molar-refractivity contribution in [1.29, 1.82) is 0 Å². The highest BCUT2D eigenvalue weighted by molar-refractivity contribution is 7.92. The van der Waals surface area contributed by atoms with Crippen LogP contribution in [0.25, 0.3) is 0 Å². The third-order valence-corrected chi connectivity index (χ3v) is 9.99. The number of carbonyl (C=O) groups is 2. The fraction of sp³-hybridized carbons (Fsp3) is 0.316. The maximum absolute atomic E-state index is 14.7. The number of nitrogens with one attached hydrogen (secondary N) is 1. The molecule has 8 heteroatoms. The molecule has 2 atom stereocenters. The van der Waals surface area contributed by atoms with Crippen LogP contribution in [0.1, 0.15) is 53.6 Å². The van der Waals surface area contributed by atoms with Crippen LogP contribution in [0.2, 0.25) is 0 Å². The quantitative estimate of drug-likeness (QED) is 0.177. The first-order valence-electron chi connectivity index (χ1n) is 15.7. The van der Waals surface area contributed by atoms with Gasteiger partial charge in [-0.25, -0.2) is 8.42 Å². The Morgan fingerprint density at radius 3 is 2.02 bits per heavy atom. The molecule has 0 saturated heterocycles.